The van der Waals surface area contributed by atoms with Crippen LogP contribution < -0.4 is 15.0 Å². The molecule has 0 saturated carbocycles. The number of benzene rings is 2. The van der Waals surface area contributed by atoms with E-state index in [0.29, 0.717) is 19.6 Å². The quantitative estimate of drug-likeness (QED) is 0.860. The second kappa shape index (κ2) is 8.20. The average Bonchev–Trinajstić information content (AvgIpc) is 3.18. The van der Waals surface area contributed by atoms with Crippen LogP contribution in [-0.4, -0.2) is 45.1 Å². The summed E-state index contributed by atoms with van der Waals surface area (Å²) in [6.45, 7) is 3.21. The summed E-state index contributed by atoms with van der Waals surface area (Å²) in [6, 6.07) is 15.5. The SMILES string of the molecule is COc1ccc(CC(=O)Nc2ccc(N3CCC4(CC3)OCCO4)cc2)cc1. The minimum Gasteiger partial charge on any atom is -0.497 e. The van der Waals surface area contributed by atoms with Crippen molar-refractivity contribution in [1.29, 1.82) is 0 Å². The van der Waals surface area contributed by atoms with E-state index in [-0.39, 0.29) is 11.7 Å². The summed E-state index contributed by atoms with van der Waals surface area (Å²) in [5.41, 5.74) is 2.91. The molecule has 0 unspecified atom stereocenters. The van der Waals surface area contributed by atoms with Gasteiger partial charge in [-0.15, -0.1) is 0 Å². The Morgan fingerprint density at radius 3 is 2.29 bits per heavy atom. The molecule has 2 aliphatic rings. The Labute approximate surface area is 165 Å². The van der Waals surface area contributed by atoms with E-state index in [9.17, 15) is 4.79 Å². The highest BCUT2D eigenvalue weighted by Crippen LogP contribution is 2.33. The van der Waals surface area contributed by atoms with Gasteiger partial charge in [-0.05, 0) is 42.0 Å². The number of nitrogens with one attached hydrogen (secondary N) is 1. The largest absolute Gasteiger partial charge is 0.497 e. The maximum atomic E-state index is 12.3. The normalized spacial score (nSPS) is 18.2. The van der Waals surface area contributed by atoms with Crippen molar-refractivity contribution >= 4 is 17.3 Å². The van der Waals surface area contributed by atoms with Gasteiger partial charge in [-0.3, -0.25) is 4.79 Å². The topological polar surface area (TPSA) is 60.0 Å². The number of methoxy groups -OCH3 is 1. The lowest BCUT2D eigenvalue weighted by Crippen LogP contribution is -2.45. The molecule has 6 heteroatoms. The van der Waals surface area contributed by atoms with Crippen LogP contribution in [0.15, 0.2) is 48.5 Å². The molecule has 6 nitrogen and oxygen atoms in total. The smallest absolute Gasteiger partial charge is 0.228 e. The summed E-state index contributed by atoms with van der Waals surface area (Å²) in [4.78, 5) is 14.6. The zero-order chi connectivity index (χ0) is 19.4. The fourth-order valence-corrected chi connectivity index (χ4v) is 3.78. The molecule has 2 fully saturated rings. The van der Waals surface area contributed by atoms with Crippen LogP contribution >= 0.6 is 0 Å². The molecular formula is C22H26N2O4. The number of rotatable bonds is 5. The molecular weight excluding hydrogens is 356 g/mol. The standard InChI is InChI=1S/C22H26N2O4/c1-26-20-8-2-17(3-9-20)16-21(25)23-18-4-6-19(7-5-18)24-12-10-22(11-13-24)27-14-15-28-22/h2-9H,10-16H2,1H3,(H,23,25). The molecule has 2 aliphatic heterocycles. The summed E-state index contributed by atoms with van der Waals surface area (Å²) in [6.07, 6.45) is 2.10. The van der Waals surface area contributed by atoms with E-state index >= 15 is 0 Å². The van der Waals surface area contributed by atoms with Crippen molar-refractivity contribution in [2.24, 2.45) is 0 Å². The lowest BCUT2D eigenvalue weighted by atomic mass is 10.0. The Kier molecular flexibility index (Phi) is 5.50. The van der Waals surface area contributed by atoms with E-state index in [0.717, 1.165) is 48.6 Å². The molecule has 1 N–H and O–H groups in total. The summed E-state index contributed by atoms with van der Waals surface area (Å²) < 4.78 is 16.7. The molecule has 0 bridgehead atoms. The summed E-state index contributed by atoms with van der Waals surface area (Å²) >= 11 is 0. The molecule has 2 aromatic carbocycles. The molecule has 2 saturated heterocycles. The molecule has 4 rings (SSSR count). The first-order valence-electron chi connectivity index (χ1n) is 9.72. The van der Waals surface area contributed by atoms with Crippen molar-refractivity contribution in [3.63, 3.8) is 0 Å². The Hall–Kier alpha value is -2.57. The number of carbonyl (C=O) groups is 1. The molecule has 0 atom stereocenters. The van der Waals surface area contributed by atoms with Crippen LogP contribution in [0, 0.1) is 0 Å². The van der Waals surface area contributed by atoms with E-state index in [1.807, 2.05) is 36.4 Å². The van der Waals surface area contributed by atoms with Gasteiger partial charge < -0.3 is 24.4 Å². The number of nitrogens with zero attached hydrogens (tertiary/aromatic N) is 1. The van der Waals surface area contributed by atoms with Gasteiger partial charge in [-0.25, -0.2) is 0 Å². The number of piperidine rings is 1. The number of anilines is 2. The molecule has 0 radical (unpaired) electrons. The average molecular weight is 382 g/mol. The minimum absolute atomic E-state index is 0.0339. The van der Waals surface area contributed by atoms with Crippen molar-refractivity contribution in [2.45, 2.75) is 25.0 Å². The number of hydrogen-bond donors (Lipinski definition) is 1. The van der Waals surface area contributed by atoms with Crippen LogP contribution in [-0.2, 0) is 20.7 Å². The molecule has 1 amide bonds. The number of amides is 1. The first-order chi connectivity index (χ1) is 13.7. The highest BCUT2D eigenvalue weighted by Gasteiger charge is 2.39. The summed E-state index contributed by atoms with van der Waals surface area (Å²) in [7, 11) is 1.63. The highest BCUT2D eigenvalue weighted by atomic mass is 16.7. The Morgan fingerprint density at radius 1 is 1.04 bits per heavy atom. The van der Waals surface area contributed by atoms with Crippen LogP contribution in [0.3, 0.4) is 0 Å². The van der Waals surface area contributed by atoms with E-state index in [4.69, 9.17) is 14.2 Å². The fraction of sp³-hybridized carbons (Fsp3) is 0.409. The first-order valence-corrected chi connectivity index (χ1v) is 9.72. The molecule has 0 aliphatic carbocycles. The van der Waals surface area contributed by atoms with Crippen molar-refractivity contribution in [2.75, 3.05) is 43.6 Å². The van der Waals surface area contributed by atoms with Gasteiger partial charge in [0.05, 0.1) is 26.7 Å². The van der Waals surface area contributed by atoms with Crippen LogP contribution in [0.5, 0.6) is 5.75 Å². The monoisotopic (exact) mass is 382 g/mol. The lowest BCUT2D eigenvalue weighted by Gasteiger charge is -2.38. The molecule has 28 heavy (non-hydrogen) atoms. The first kappa shape index (κ1) is 18.8. The van der Waals surface area contributed by atoms with Gasteiger partial charge in [-0.1, -0.05) is 12.1 Å². The second-order valence-electron chi connectivity index (χ2n) is 7.21. The predicted molar refractivity (Wildman–Crippen MR) is 108 cm³/mol. The van der Waals surface area contributed by atoms with E-state index in [1.165, 1.54) is 0 Å². The van der Waals surface area contributed by atoms with E-state index < -0.39 is 0 Å². The molecule has 2 aromatic rings. The Bertz CT molecular complexity index is 788. The number of ether oxygens (including phenoxy) is 3. The summed E-state index contributed by atoms with van der Waals surface area (Å²) in [5.74, 6) is 0.397. The van der Waals surface area contributed by atoms with Gasteiger partial charge in [0.15, 0.2) is 5.79 Å². The van der Waals surface area contributed by atoms with Crippen molar-refractivity contribution in [3.05, 3.63) is 54.1 Å². The van der Waals surface area contributed by atoms with Crippen molar-refractivity contribution in [1.82, 2.24) is 0 Å². The summed E-state index contributed by atoms with van der Waals surface area (Å²) in [5, 5.41) is 2.96. The number of hydrogen-bond acceptors (Lipinski definition) is 5. The molecule has 148 valence electrons. The van der Waals surface area contributed by atoms with Gasteiger partial charge in [0.2, 0.25) is 5.91 Å². The van der Waals surface area contributed by atoms with Crippen molar-refractivity contribution < 1.29 is 19.0 Å². The van der Waals surface area contributed by atoms with Crippen LogP contribution in [0.2, 0.25) is 0 Å². The van der Waals surface area contributed by atoms with Crippen LogP contribution in [0.1, 0.15) is 18.4 Å². The second-order valence-corrected chi connectivity index (χ2v) is 7.21. The van der Waals surface area contributed by atoms with Crippen LogP contribution in [0.4, 0.5) is 11.4 Å². The van der Waals surface area contributed by atoms with E-state index in [1.54, 1.807) is 7.11 Å². The van der Waals surface area contributed by atoms with Gasteiger partial charge in [0.25, 0.3) is 0 Å². The Morgan fingerprint density at radius 2 is 1.68 bits per heavy atom. The fourth-order valence-electron chi connectivity index (χ4n) is 3.78. The van der Waals surface area contributed by atoms with Gasteiger partial charge in [-0.2, -0.15) is 0 Å². The zero-order valence-electron chi connectivity index (χ0n) is 16.1. The molecule has 0 aromatic heterocycles. The highest BCUT2D eigenvalue weighted by molar-refractivity contribution is 5.92. The minimum atomic E-state index is -0.355. The molecule has 1 spiro atoms. The van der Waals surface area contributed by atoms with Gasteiger partial charge in [0, 0.05) is 37.3 Å². The Balaban J connectivity index is 1.30. The maximum Gasteiger partial charge on any atom is 0.228 e. The number of carbonyl (C=O) groups excluding carboxylic acids is 1. The third-order valence-corrected chi connectivity index (χ3v) is 5.38. The predicted octanol–water partition coefficient (Wildman–Crippen LogP) is 3.22. The third kappa shape index (κ3) is 4.29. The van der Waals surface area contributed by atoms with Crippen LogP contribution in [0.25, 0.3) is 0 Å². The molecule has 2 heterocycles. The lowest BCUT2D eigenvalue weighted by molar-refractivity contribution is -0.169. The van der Waals surface area contributed by atoms with E-state index in [2.05, 4.69) is 22.3 Å². The van der Waals surface area contributed by atoms with Gasteiger partial charge >= 0.3 is 0 Å². The zero-order valence-corrected chi connectivity index (χ0v) is 16.1. The maximum absolute atomic E-state index is 12.3. The van der Waals surface area contributed by atoms with Gasteiger partial charge in [0.1, 0.15) is 5.75 Å². The third-order valence-electron chi connectivity index (χ3n) is 5.38. The van der Waals surface area contributed by atoms with Crippen molar-refractivity contribution in [3.8, 4) is 5.75 Å².